The van der Waals surface area contributed by atoms with E-state index in [0.29, 0.717) is 24.2 Å². The Morgan fingerprint density at radius 1 is 0.952 bits per heavy atom. The smallest absolute Gasteiger partial charge is 0.167 e. The van der Waals surface area contributed by atoms with E-state index in [9.17, 15) is 15.0 Å². The summed E-state index contributed by atoms with van der Waals surface area (Å²) in [4.78, 5) is 12.4. The fraction of sp³-hybridized carbons (Fsp3) is 0.944. The number of hydrogen-bond acceptors (Lipinski definition) is 3. The van der Waals surface area contributed by atoms with Crippen molar-refractivity contribution < 1.29 is 15.0 Å². The maximum absolute atomic E-state index is 12.4. The molecule has 0 bridgehead atoms. The monoisotopic (exact) mass is 292 g/mol. The molecule has 3 nitrogen and oxygen atoms in total. The van der Waals surface area contributed by atoms with E-state index in [4.69, 9.17) is 0 Å². The number of hydrogen-bond donors (Lipinski definition) is 2. The van der Waals surface area contributed by atoms with Crippen LogP contribution in [0.1, 0.15) is 58.3 Å². The number of carbonyl (C=O) groups is 1. The average Bonchev–Trinajstić information content (AvgIpc) is 2.70. The summed E-state index contributed by atoms with van der Waals surface area (Å²) in [7, 11) is 0. The number of aliphatic hydroxyl groups is 2. The van der Waals surface area contributed by atoms with Crippen LogP contribution in [0.4, 0.5) is 0 Å². The third kappa shape index (κ3) is 1.96. The van der Waals surface area contributed by atoms with Crippen molar-refractivity contribution in [3.05, 3.63) is 0 Å². The largest absolute Gasteiger partial charge is 0.393 e. The molecule has 4 saturated carbocycles. The molecule has 0 aliphatic heterocycles. The predicted molar refractivity (Wildman–Crippen MR) is 79.5 cm³/mol. The minimum atomic E-state index is -0.704. The standard InChI is InChI=1S/C18H28O3/c1-18-7-6-13-12-5-3-11(19)8-10(12)2-4-14(13)15(18)9-16(20)17(18)21/h10-16,19-20H,2-9H2,1H3/t10-,11-,12?,13-,14-,15+,16+,18+/m1/s1. The van der Waals surface area contributed by atoms with Crippen molar-refractivity contribution in [2.24, 2.45) is 35.0 Å². The Labute approximate surface area is 127 Å². The number of ketones is 1. The van der Waals surface area contributed by atoms with Gasteiger partial charge in [0.05, 0.1) is 6.10 Å². The van der Waals surface area contributed by atoms with E-state index in [1.165, 1.54) is 19.3 Å². The summed E-state index contributed by atoms with van der Waals surface area (Å²) in [5.74, 6) is 3.39. The van der Waals surface area contributed by atoms with Gasteiger partial charge in [0.25, 0.3) is 0 Å². The van der Waals surface area contributed by atoms with Crippen LogP contribution in [0.25, 0.3) is 0 Å². The van der Waals surface area contributed by atoms with E-state index in [2.05, 4.69) is 6.92 Å². The molecule has 0 aromatic carbocycles. The van der Waals surface area contributed by atoms with Gasteiger partial charge < -0.3 is 10.2 Å². The van der Waals surface area contributed by atoms with Crippen molar-refractivity contribution in [2.45, 2.75) is 70.5 Å². The summed E-state index contributed by atoms with van der Waals surface area (Å²) in [6.45, 7) is 2.11. The van der Waals surface area contributed by atoms with Crippen LogP contribution >= 0.6 is 0 Å². The van der Waals surface area contributed by atoms with E-state index in [1.807, 2.05) is 0 Å². The number of fused-ring (bicyclic) bond motifs is 5. The fourth-order valence-electron chi connectivity index (χ4n) is 6.62. The normalized spacial score (nSPS) is 56.5. The highest BCUT2D eigenvalue weighted by Crippen LogP contribution is 2.61. The van der Waals surface area contributed by atoms with Crippen molar-refractivity contribution in [1.29, 1.82) is 0 Å². The molecule has 0 aromatic heterocycles. The van der Waals surface area contributed by atoms with E-state index in [1.54, 1.807) is 0 Å². The lowest BCUT2D eigenvalue weighted by atomic mass is 9.50. The van der Waals surface area contributed by atoms with Crippen LogP contribution in [0.3, 0.4) is 0 Å². The van der Waals surface area contributed by atoms with Gasteiger partial charge in [-0.25, -0.2) is 0 Å². The second-order valence-electron chi connectivity index (χ2n) is 8.47. The Hall–Kier alpha value is -0.410. The Morgan fingerprint density at radius 3 is 2.52 bits per heavy atom. The Kier molecular flexibility index (Phi) is 3.24. The highest BCUT2D eigenvalue weighted by molar-refractivity contribution is 5.91. The van der Waals surface area contributed by atoms with Crippen LogP contribution in [0, 0.1) is 35.0 Å². The molecule has 0 heterocycles. The molecule has 2 N–H and O–H groups in total. The number of Topliss-reactive ketones (excluding diaryl/α,β-unsaturated/α-hetero) is 1. The van der Waals surface area contributed by atoms with Crippen molar-refractivity contribution in [3.63, 3.8) is 0 Å². The molecule has 4 fully saturated rings. The Bertz CT molecular complexity index is 448. The van der Waals surface area contributed by atoms with Gasteiger partial charge in [-0.3, -0.25) is 4.79 Å². The van der Waals surface area contributed by atoms with Gasteiger partial charge in [-0.2, -0.15) is 0 Å². The minimum absolute atomic E-state index is 0.0773. The summed E-state index contributed by atoms with van der Waals surface area (Å²) >= 11 is 0. The molecule has 0 amide bonds. The van der Waals surface area contributed by atoms with Gasteiger partial charge >= 0.3 is 0 Å². The average molecular weight is 292 g/mol. The molecule has 4 rings (SSSR count). The van der Waals surface area contributed by atoms with Crippen LogP contribution in [-0.4, -0.2) is 28.2 Å². The van der Waals surface area contributed by atoms with Gasteiger partial charge in [-0.05, 0) is 81.0 Å². The second-order valence-corrected chi connectivity index (χ2v) is 8.47. The van der Waals surface area contributed by atoms with E-state index >= 15 is 0 Å². The first kappa shape index (κ1) is 14.2. The fourth-order valence-corrected chi connectivity index (χ4v) is 6.62. The third-order valence-electron chi connectivity index (χ3n) is 7.66. The van der Waals surface area contributed by atoms with Crippen LogP contribution in [-0.2, 0) is 4.79 Å². The molecule has 4 aliphatic rings. The first-order valence-electron chi connectivity index (χ1n) is 8.91. The topological polar surface area (TPSA) is 57.5 Å². The second kappa shape index (κ2) is 4.79. The molecule has 3 heteroatoms. The lowest BCUT2D eigenvalue weighted by Gasteiger charge is -2.54. The zero-order valence-corrected chi connectivity index (χ0v) is 13.0. The SMILES string of the molecule is C[C@]12CC[C@@H]3C4CC[C@@H](O)C[C@H]4CC[C@H]3[C@@H]1C[C@H](O)C2=O. The van der Waals surface area contributed by atoms with Crippen molar-refractivity contribution in [3.8, 4) is 0 Å². The molecule has 4 aliphatic carbocycles. The van der Waals surface area contributed by atoms with Gasteiger partial charge in [0.2, 0.25) is 0 Å². The predicted octanol–water partition coefficient (Wildman–Crippen LogP) is 2.54. The molecule has 0 saturated heterocycles. The molecule has 0 radical (unpaired) electrons. The summed E-state index contributed by atoms with van der Waals surface area (Å²) in [6.07, 6.45) is 7.62. The number of carbonyl (C=O) groups excluding carboxylic acids is 1. The van der Waals surface area contributed by atoms with E-state index in [-0.39, 0.29) is 17.3 Å². The summed E-state index contributed by atoms with van der Waals surface area (Å²) in [6, 6.07) is 0. The van der Waals surface area contributed by atoms with Gasteiger partial charge in [0.15, 0.2) is 5.78 Å². The Morgan fingerprint density at radius 2 is 1.71 bits per heavy atom. The first-order valence-corrected chi connectivity index (χ1v) is 8.91. The summed E-state index contributed by atoms with van der Waals surface area (Å²) < 4.78 is 0. The zero-order valence-electron chi connectivity index (χ0n) is 13.0. The lowest BCUT2D eigenvalue weighted by molar-refractivity contribution is -0.137. The maximum Gasteiger partial charge on any atom is 0.167 e. The molecule has 118 valence electrons. The molecular weight excluding hydrogens is 264 g/mol. The summed E-state index contributed by atoms with van der Waals surface area (Å²) in [5, 5.41) is 20.0. The van der Waals surface area contributed by atoms with Crippen LogP contribution < -0.4 is 0 Å². The minimum Gasteiger partial charge on any atom is -0.393 e. The van der Waals surface area contributed by atoms with Crippen LogP contribution in [0.15, 0.2) is 0 Å². The molecule has 0 aromatic rings. The van der Waals surface area contributed by atoms with Gasteiger partial charge in [-0.1, -0.05) is 6.92 Å². The highest BCUT2D eigenvalue weighted by atomic mass is 16.3. The highest BCUT2D eigenvalue weighted by Gasteiger charge is 2.59. The summed E-state index contributed by atoms with van der Waals surface area (Å²) in [5.41, 5.74) is -0.248. The van der Waals surface area contributed by atoms with E-state index in [0.717, 1.165) is 37.5 Å². The molecule has 21 heavy (non-hydrogen) atoms. The van der Waals surface area contributed by atoms with Gasteiger partial charge in [0.1, 0.15) is 6.10 Å². The van der Waals surface area contributed by atoms with E-state index < -0.39 is 6.10 Å². The molecule has 1 unspecified atom stereocenters. The molecular formula is C18H28O3. The zero-order chi connectivity index (χ0) is 14.8. The first-order chi connectivity index (χ1) is 10.0. The van der Waals surface area contributed by atoms with Crippen molar-refractivity contribution in [2.75, 3.05) is 0 Å². The Balaban J connectivity index is 1.59. The van der Waals surface area contributed by atoms with Crippen molar-refractivity contribution >= 4 is 5.78 Å². The molecule has 0 spiro atoms. The lowest BCUT2D eigenvalue weighted by Crippen LogP contribution is -2.49. The number of aliphatic hydroxyl groups excluding tert-OH is 2. The van der Waals surface area contributed by atoms with Gasteiger partial charge in [-0.15, -0.1) is 0 Å². The van der Waals surface area contributed by atoms with Gasteiger partial charge in [0, 0.05) is 5.41 Å². The van der Waals surface area contributed by atoms with Crippen molar-refractivity contribution in [1.82, 2.24) is 0 Å². The van der Waals surface area contributed by atoms with Crippen LogP contribution in [0.2, 0.25) is 0 Å². The number of rotatable bonds is 0. The third-order valence-corrected chi connectivity index (χ3v) is 7.66. The maximum atomic E-state index is 12.4. The molecule has 8 atom stereocenters. The quantitative estimate of drug-likeness (QED) is 0.721. The van der Waals surface area contributed by atoms with Crippen LogP contribution in [0.5, 0.6) is 0 Å².